The van der Waals surface area contributed by atoms with E-state index in [0.29, 0.717) is 41.0 Å². The minimum absolute atomic E-state index is 0.292. The number of nitrogens with two attached hydrogens (primary N) is 1. The number of hydrogen-bond donors (Lipinski definition) is 4. The number of carbonyl (C=O) groups excluding carboxylic acids is 1. The van der Waals surface area contributed by atoms with Crippen molar-refractivity contribution in [2.75, 3.05) is 23.5 Å². The number of rotatable bonds is 8. The highest BCUT2D eigenvalue weighted by Gasteiger charge is 2.16. The Bertz CT molecular complexity index is 1290. The molecule has 1 heterocycles. The number of amides is 1. The molecule has 172 valence electrons. The Kier molecular flexibility index (Phi) is 6.88. The van der Waals surface area contributed by atoms with Crippen molar-refractivity contribution in [3.8, 4) is 5.75 Å². The average molecular weight is 455 g/mol. The summed E-state index contributed by atoms with van der Waals surface area (Å²) in [5, 5.41) is 9.27. The van der Waals surface area contributed by atoms with Crippen molar-refractivity contribution >= 4 is 34.7 Å². The van der Waals surface area contributed by atoms with Crippen molar-refractivity contribution < 1.29 is 9.53 Å². The summed E-state index contributed by atoms with van der Waals surface area (Å²) in [6, 6.07) is 22.6. The van der Waals surface area contributed by atoms with Crippen LogP contribution in [0.2, 0.25) is 0 Å². The molecule has 0 unspecified atom stereocenters. The highest BCUT2D eigenvalue weighted by Crippen LogP contribution is 2.24. The molecule has 1 amide bonds. The first-order valence-corrected chi connectivity index (χ1v) is 10.7. The van der Waals surface area contributed by atoms with Crippen LogP contribution in [0.4, 0.5) is 28.8 Å². The van der Waals surface area contributed by atoms with Crippen molar-refractivity contribution in [1.29, 1.82) is 0 Å². The summed E-state index contributed by atoms with van der Waals surface area (Å²) >= 11 is 0. The van der Waals surface area contributed by atoms with Crippen LogP contribution in [-0.2, 0) is 6.54 Å². The minimum Gasteiger partial charge on any atom is -0.497 e. The molecule has 0 aliphatic carbocycles. The molecule has 5 N–H and O–H groups in total. The second-order valence-corrected chi connectivity index (χ2v) is 7.73. The van der Waals surface area contributed by atoms with Gasteiger partial charge in [-0.15, -0.1) is 0 Å². The quantitative estimate of drug-likeness (QED) is 0.283. The van der Waals surface area contributed by atoms with Gasteiger partial charge in [0.15, 0.2) is 0 Å². The molecule has 0 fully saturated rings. The fourth-order valence-electron chi connectivity index (χ4n) is 3.27. The predicted molar refractivity (Wildman–Crippen MR) is 135 cm³/mol. The Hall–Kier alpha value is -4.59. The summed E-state index contributed by atoms with van der Waals surface area (Å²) in [6.07, 6.45) is 1.49. The van der Waals surface area contributed by atoms with E-state index < -0.39 is 0 Å². The number of aromatic nitrogens is 2. The number of aryl methyl sites for hydroxylation is 1. The Morgan fingerprint density at radius 2 is 1.71 bits per heavy atom. The smallest absolute Gasteiger partial charge is 0.256 e. The molecule has 34 heavy (non-hydrogen) atoms. The molecule has 3 aromatic carbocycles. The molecule has 0 radical (unpaired) electrons. The third-order valence-corrected chi connectivity index (χ3v) is 5.08. The van der Waals surface area contributed by atoms with Crippen molar-refractivity contribution in [3.05, 3.63) is 95.7 Å². The van der Waals surface area contributed by atoms with Gasteiger partial charge in [0, 0.05) is 35.9 Å². The Morgan fingerprint density at radius 3 is 2.44 bits per heavy atom. The van der Waals surface area contributed by atoms with Crippen LogP contribution in [0.5, 0.6) is 5.75 Å². The lowest BCUT2D eigenvalue weighted by Gasteiger charge is -2.14. The molecular weight excluding hydrogens is 428 g/mol. The molecule has 1 aromatic heterocycles. The number of carbonyl (C=O) groups is 1. The number of nitrogens with one attached hydrogen (secondary N) is 3. The minimum atomic E-state index is -0.292. The highest BCUT2D eigenvalue weighted by molar-refractivity contribution is 5.99. The van der Waals surface area contributed by atoms with Gasteiger partial charge < -0.3 is 26.4 Å². The van der Waals surface area contributed by atoms with Crippen molar-refractivity contribution in [2.45, 2.75) is 13.5 Å². The van der Waals surface area contributed by atoms with Gasteiger partial charge in [0.05, 0.1) is 7.11 Å². The van der Waals surface area contributed by atoms with E-state index in [9.17, 15) is 4.79 Å². The Morgan fingerprint density at radius 1 is 0.971 bits per heavy atom. The van der Waals surface area contributed by atoms with E-state index in [1.165, 1.54) is 6.20 Å². The number of hydrogen-bond acceptors (Lipinski definition) is 7. The van der Waals surface area contributed by atoms with E-state index in [1.807, 2.05) is 67.6 Å². The molecule has 0 spiro atoms. The summed E-state index contributed by atoms with van der Waals surface area (Å²) in [6.45, 7) is 2.41. The van der Waals surface area contributed by atoms with E-state index in [0.717, 1.165) is 16.8 Å². The second kappa shape index (κ2) is 10.4. The molecule has 0 atom stereocenters. The molecule has 0 aliphatic rings. The van der Waals surface area contributed by atoms with Crippen molar-refractivity contribution in [3.63, 3.8) is 0 Å². The topological polar surface area (TPSA) is 114 Å². The van der Waals surface area contributed by atoms with E-state index >= 15 is 0 Å². The van der Waals surface area contributed by atoms with E-state index in [4.69, 9.17) is 10.5 Å². The lowest BCUT2D eigenvalue weighted by atomic mass is 10.1. The first kappa shape index (κ1) is 22.6. The van der Waals surface area contributed by atoms with Crippen LogP contribution in [-0.4, -0.2) is 23.0 Å². The van der Waals surface area contributed by atoms with Gasteiger partial charge in [-0.3, -0.25) is 4.79 Å². The zero-order chi connectivity index (χ0) is 23.9. The summed E-state index contributed by atoms with van der Waals surface area (Å²) in [4.78, 5) is 21.9. The number of anilines is 5. The molecule has 0 saturated carbocycles. The molecular formula is C26H26N6O2. The van der Waals surface area contributed by atoms with Gasteiger partial charge in [-0.2, -0.15) is 4.98 Å². The third-order valence-electron chi connectivity index (χ3n) is 5.08. The summed E-state index contributed by atoms with van der Waals surface area (Å²) < 4.78 is 5.27. The zero-order valence-corrected chi connectivity index (χ0v) is 19.0. The molecule has 0 bridgehead atoms. The van der Waals surface area contributed by atoms with Crippen LogP contribution < -0.4 is 26.4 Å². The summed E-state index contributed by atoms with van der Waals surface area (Å²) in [5.74, 6) is 1.09. The normalized spacial score (nSPS) is 10.4. The first-order chi connectivity index (χ1) is 16.5. The first-order valence-electron chi connectivity index (χ1n) is 10.7. The van der Waals surface area contributed by atoms with Gasteiger partial charge in [0.2, 0.25) is 5.95 Å². The lowest BCUT2D eigenvalue weighted by Crippen LogP contribution is -2.24. The summed E-state index contributed by atoms with van der Waals surface area (Å²) in [5.41, 5.74) is 10.5. The van der Waals surface area contributed by atoms with Crippen LogP contribution in [0, 0.1) is 6.92 Å². The van der Waals surface area contributed by atoms with Crippen LogP contribution in [0.3, 0.4) is 0 Å². The Labute approximate surface area is 198 Å². The number of nitrogen functional groups attached to an aromatic ring is 1. The van der Waals surface area contributed by atoms with Crippen LogP contribution in [0.15, 0.2) is 79.0 Å². The molecule has 4 aromatic rings. The summed E-state index contributed by atoms with van der Waals surface area (Å²) in [7, 11) is 1.60. The second-order valence-electron chi connectivity index (χ2n) is 7.73. The Balaban J connectivity index is 1.59. The van der Waals surface area contributed by atoms with Crippen LogP contribution >= 0.6 is 0 Å². The van der Waals surface area contributed by atoms with Gasteiger partial charge >= 0.3 is 0 Å². The van der Waals surface area contributed by atoms with Gasteiger partial charge in [-0.05, 0) is 42.8 Å². The number of methoxy groups -OCH3 is 1. The molecule has 4 rings (SSSR count). The number of ether oxygens (including phenoxy) is 1. The number of nitrogens with zero attached hydrogens (tertiary/aromatic N) is 2. The average Bonchev–Trinajstić information content (AvgIpc) is 2.84. The van der Waals surface area contributed by atoms with Gasteiger partial charge in [0.1, 0.15) is 17.1 Å². The molecule has 0 saturated heterocycles. The van der Waals surface area contributed by atoms with Crippen molar-refractivity contribution in [2.24, 2.45) is 0 Å². The highest BCUT2D eigenvalue weighted by atomic mass is 16.5. The van der Waals surface area contributed by atoms with Crippen molar-refractivity contribution in [1.82, 2.24) is 15.3 Å². The fraction of sp³-hybridized carbons (Fsp3) is 0.115. The van der Waals surface area contributed by atoms with E-state index in [2.05, 4.69) is 25.9 Å². The standard InChI is InChI=1S/C26H26N6O2/c1-17-9-11-18(12-10-17)15-28-25(33)23-16-29-26(31-21-7-4-8-22(14-21)34-2)32-24(23)30-20-6-3-5-19(27)13-20/h3-14,16H,15,27H2,1-2H3,(H,28,33)(H2,29,30,31,32). The molecule has 8 nitrogen and oxygen atoms in total. The van der Waals surface area contributed by atoms with Crippen LogP contribution in [0.1, 0.15) is 21.5 Å². The van der Waals surface area contributed by atoms with E-state index in [1.54, 1.807) is 19.2 Å². The predicted octanol–water partition coefficient (Wildman–Crippen LogP) is 4.79. The third kappa shape index (κ3) is 5.80. The van der Waals surface area contributed by atoms with Gasteiger partial charge in [-0.25, -0.2) is 4.98 Å². The fourth-order valence-corrected chi connectivity index (χ4v) is 3.27. The lowest BCUT2D eigenvalue weighted by molar-refractivity contribution is 0.0951. The maximum atomic E-state index is 13.0. The monoisotopic (exact) mass is 454 g/mol. The maximum absolute atomic E-state index is 13.0. The van der Waals surface area contributed by atoms with E-state index in [-0.39, 0.29) is 5.91 Å². The maximum Gasteiger partial charge on any atom is 0.256 e. The van der Waals surface area contributed by atoms with Gasteiger partial charge in [0.25, 0.3) is 5.91 Å². The molecule has 0 aliphatic heterocycles. The SMILES string of the molecule is COc1cccc(Nc2ncc(C(=O)NCc3ccc(C)cc3)c(Nc3cccc(N)c3)n2)c1. The molecule has 8 heteroatoms. The van der Waals surface area contributed by atoms with Crippen LogP contribution in [0.25, 0.3) is 0 Å². The largest absolute Gasteiger partial charge is 0.497 e. The number of benzene rings is 3. The zero-order valence-electron chi connectivity index (χ0n) is 19.0. The van der Waals surface area contributed by atoms with Gasteiger partial charge in [-0.1, -0.05) is 42.0 Å².